The molecular weight excluding hydrogens is 216 g/mol. The largest absolute Gasteiger partial charge is 0.477 e. The van der Waals surface area contributed by atoms with Crippen molar-refractivity contribution in [2.24, 2.45) is 5.73 Å². The Morgan fingerprint density at radius 2 is 2.06 bits per heavy atom. The van der Waals surface area contributed by atoms with Crippen molar-refractivity contribution in [2.75, 3.05) is 13.7 Å². The summed E-state index contributed by atoms with van der Waals surface area (Å²) in [6, 6.07) is 3.90. The molecule has 0 aliphatic rings. The van der Waals surface area contributed by atoms with E-state index in [0.717, 1.165) is 17.7 Å². The molecule has 0 bridgehead atoms. The van der Waals surface area contributed by atoms with Gasteiger partial charge in [0.2, 0.25) is 5.88 Å². The lowest BCUT2D eigenvalue weighted by Crippen LogP contribution is -2.25. The van der Waals surface area contributed by atoms with E-state index in [1.165, 1.54) is 0 Å². The molecule has 96 valence electrons. The minimum absolute atomic E-state index is 0.174. The van der Waals surface area contributed by atoms with E-state index >= 15 is 0 Å². The van der Waals surface area contributed by atoms with Crippen molar-refractivity contribution in [3.05, 3.63) is 23.4 Å². The zero-order valence-corrected chi connectivity index (χ0v) is 11.1. The van der Waals surface area contributed by atoms with Crippen LogP contribution in [0.25, 0.3) is 0 Å². The number of ether oxygens (including phenoxy) is 2. The summed E-state index contributed by atoms with van der Waals surface area (Å²) in [7, 11) is 1.70. The topological polar surface area (TPSA) is 57.4 Å². The molecule has 0 aromatic carbocycles. The van der Waals surface area contributed by atoms with Gasteiger partial charge in [0.05, 0.1) is 12.2 Å². The molecule has 0 fully saturated rings. The molecule has 0 saturated heterocycles. The minimum atomic E-state index is -0.174. The van der Waals surface area contributed by atoms with Gasteiger partial charge in [0.1, 0.15) is 0 Å². The molecule has 4 nitrogen and oxygen atoms in total. The lowest BCUT2D eigenvalue weighted by atomic mass is 10.1. The first-order valence-electron chi connectivity index (χ1n) is 5.83. The van der Waals surface area contributed by atoms with Gasteiger partial charge in [0.25, 0.3) is 0 Å². The molecule has 4 heteroatoms. The van der Waals surface area contributed by atoms with Gasteiger partial charge in [-0.3, -0.25) is 0 Å². The Morgan fingerprint density at radius 3 is 2.65 bits per heavy atom. The Morgan fingerprint density at radius 1 is 1.35 bits per heavy atom. The first-order valence-corrected chi connectivity index (χ1v) is 5.83. The SMILES string of the molecule is COC(C)(C)CCOc1nc(C)ccc1CN. The fraction of sp³-hybridized carbons (Fsp3) is 0.615. The molecule has 0 saturated carbocycles. The van der Waals surface area contributed by atoms with Crippen molar-refractivity contribution in [3.63, 3.8) is 0 Å². The van der Waals surface area contributed by atoms with Crippen LogP contribution in [0.2, 0.25) is 0 Å². The molecule has 1 heterocycles. The molecular formula is C13H22N2O2. The number of hydrogen-bond donors (Lipinski definition) is 1. The van der Waals surface area contributed by atoms with E-state index in [4.69, 9.17) is 15.2 Å². The summed E-state index contributed by atoms with van der Waals surface area (Å²) < 4.78 is 11.0. The lowest BCUT2D eigenvalue weighted by molar-refractivity contribution is 0.00499. The van der Waals surface area contributed by atoms with Crippen LogP contribution in [-0.2, 0) is 11.3 Å². The summed E-state index contributed by atoms with van der Waals surface area (Å²) in [4.78, 5) is 4.35. The number of nitrogens with zero attached hydrogens (tertiary/aromatic N) is 1. The van der Waals surface area contributed by atoms with Gasteiger partial charge in [0.15, 0.2) is 0 Å². The average Bonchev–Trinajstić information content (AvgIpc) is 2.29. The van der Waals surface area contributed by atoms with Crippen molar-refractivity contribution in [2.45, 2.75) is 39.3 Å². The van der Waals surface area contributed by atoms with Crippen LogP contribution < -0.4 is 10.5 Å². The molecule has 1 aromatic rings. The number of hydrogen-bond acceptors (Lipinski definition) is 4. The Kier molecular flexibility index (Phi) is 4.90. The van der Waals surface area contributed by atoms with Crippen LogP contribution in [0.1, 0.15) is 31.5 Å². The third-order valence-electron chi connectivity index (χ3n) is 2.79. The van der Waals surface area contributed by atoms with Crippen LogP contribution in [0.4, 0.5) is 0 Å². The minimum Gasteiger partial charge on any atom is -0.477 e. The van der Waals surface area contributed by atoms with E-state index in [1.807, 2.05) is 32.9 Å². The summed E-state index contributed by atoms with van der Waals surface area (Å²) >= 11 is 0. The number of pyridine rings is 1. The Balaban J connectivity index is 2.59. The van der Waals surface area contributed by atoms with Crippen LogP contribution in [0.5, 0.6) is 5.88 Å². The molecule has 0 amide bonds. The summed E-state index contributed by atoms with van der Waals surface area (Å²) in [5, 5.41) is 0. The molecule has 0 aliphatic carbocycles. The quantitative estimate of drug-likeness (QED) is 0.824. The zero-order chi connectivity index (χ0) is 12.9. The predicted octanol–water partition coefficient (Wildman–Crippen LogP) is 2.04. The Bertz CT molecular complexity index is 364. The summed E-state index contributed by atoms with van der Waals surface area (Å²) in [5.74, 6) is 0.638. The smallest absolute Gasteiger partial charge is 0.218 e. The van der Waals surface area contributed by atoms with Gasteiger partial charge >= 0.3 is 0 Å². The highest BCUT2D eigenvalue weighted by Crippen LogP contribution is 2.18. The van der Waals surface area contributed by atoms with E-state index in [1.54, 1.807) is 7.11 Å². The maximum Gasteiger partial charge on any atom is 0.218 e. The van der Waals surface area contributed by atoms with Crippen LogP contribution in [-0.4, -0.2) is 24.3 Å². The summed E-state index contributed by atoms with van der Waals surface area (Å²) in [6.45, 7) is 7.01. The normalized spacial score (nSPS) is 11.6. The molecule has 2 N–H and O–H groups in total. The van der Waals surface area contributed by atoms with Gasteiger partial charge in [-0.1, -0.05) is 6.07 Å². The molecule has 17 heavy (non-hydrogen) atoms. The van der Waals surface area contributed by atoms with Crippen molar-refractivity contribution >= 4 is 0 Å². The highest BCUT2D eigenvalue weighted by Gasteiger charge is 2.16. The second kappa shape index (κ2) is 5.98. The van der Waals surface area contributed by atoms with Crippen molar-refractivity contribution in [1.82, 2.24) is 4.98 Å². The summed E-state index contributed by atoms with van der Waals surface area (Å²) in [5.41, 5.74) is 7.34. The van der Waals surface area contributed by atoms with Crippen LogP contribution in [0.15, 0.2) is 12.1 Å². The summed E-state index contributed by atoms with van der Waals surface area (Å²) in [6.07, 6.45) is 0.809. The fourth-order valence-corrected chi connectivity index (χ4v) is 1.34. The van der Waals surface area contributed by atoms with Crippen LogP contribution >= 0.6 is 0 Å². The average molecular weight is 238 g/mol. The van der Waals surface area contributed by atoms with Crippen LogP contribution in [0.3, 0.4) is 0 Å². The third-order valence-corrected chi connectivity index (χ3v) is 2.79. The van der Waals surface area contributed by atoms with Crippen LogP contribution in [0, 0.1) is 6.92 Å². The van der Waals surface area contributed by atoms with Gasteiger partial charge < -0.3 is 15.2 Å². The van der Waals surface area contributed by atoms with E-state index in [-0.39, 0.29) is 5.60 Å². The molecule has 0 unspecified atom stereocenters. The maximum atomic E-state index is 5.68. The van der Waals surface area contributed by atoms with E-state index in [9.17, 15) is 0 Å². The lowest BCUT2D eigenvalue weighted by Gasteiger charge is -2.22. The third kappa shape index (κ3) is 4.32. The predicted molar refractivity (Wildman–Crippen MR) is 68.1 cm³/mol. The molecule has 1 rings (SSSR count). The number of methoxy groups -OCH3 is 1. The fourth-order valence-electron chi connectivity index (χ4n) is 1.34. The first-order chi connectivity index (χ1) is 7.98. The van der Waals surface area contributed by atoms with Gasteiger partial charge in [-0.15, -0.1) is 0 Å². The standard InChI is InChI=1S/C13H22N2O2/c1-10-5-6-11(9-14)12(15-10)17-8-7-13(2,3)16-4/h5-6H,7-9,14H2,1-4H3. The van der Waals surface area contributed by atoms with Crippen molar-refractivity contribution in [3.8, 4) is 5.88 Å². The van der Waals surface area contributed by atoms with Gasteiger partial charge in [-0.2, -0.15) is 0 Å². The molecule has 0 aliphatic heterocycles. The van der Waals surface area contributed by atoms with E-state index < -0.39 is 0 Å². The number of aromatic nitrogens is 1. The first kappa shape index (κ1) is 13.9. The molecule has 0 radical (unpaired) electrons. The van der Waals surface area contributed by atoms with E-state index in [2.05, 4.69) is 4.98 Å². The van der Waals surface area contributed by atoms with Gasteiger partial charge in [-0.25, -0.2) is 4.98 Å². The Hall–Kier alpha value is -1.13. The highest BCUT2D eigenvalue weighted by molar-refractivity contribution is 5.27. The highest BCUT2D eigenvalue weighted by atomic mass is 16.5. The monoisotopic (exact) mass is 238 g/mol. The van der Waals surface area contributed by atoms with Gasteiger partial charge in [0, 0.05) is 31.3 Å². The van der Waals surface area contributed by atoms with Gasteiger partial charge in [-0.05, 0) is 26.8 Å². The number of rotatable bonds is 6. The second-order valence-corrected chi connectivity index (χ2v) is 4.68. The maximum absolute atomic E-state index is 5.68. The second-order valence-electron chi connectivity index (χ2n) is 4.68. The Labute approximate surface area is 103 Å². The number of aryl methyl sites for hydroxylation is 1. The molecule has 1 aromatic heterocycles. The number of nitrogens with two attached hydrogens (primary N) is 1. The van der Waals surface area contributed by atoms with Crippen molar-refractivity contribution < 1.29 is 9.47 Å². The molecule has 0 spiro atoms. The zero-order valence-electron chi connectivity index (χ0n) is 11.1. The van der Waals surface area contributed by atoms with E-state index in [0.29, 0.717) is 19.0 Å². The molecule has 0 atom stereocenters. The van der Waals surface area contributed by atoms with Crippen molar-refractivity contribution in [1.29, 1.82) is 0 Å².